The lowest BCUT2D eigenvalue weighted by atomic mass is 10.2. The van der Waals surface area contributed by atoms with Crippen LogP contribution in [0.5, 0.6) is 11.5 Å². The Morgan fingerprint density at radius 2 is 1.92 bits per heavy atom. The smallest absolute Gasteiger partial charge is 0.339 e. The summed E-state index contributed by atoms with van der Waals surface area (Å²) in [7, 11) is 1.46. The molecule has 0 aliphatic heterocycles. The van der Waals surface area contributed by atoms with Crippen molar-refractivity contribution in [2.45, 2.75) is 33.3 Å². The standard InChI is InChI=1S/C17H23BrN2O6/c1-5-7-25-14-12(18)8-11(9-13(14)24-4)16(22)26-10(3)15(21)20-17(23)19-6-2/h8-10H,5-7H2,1-4H3,(H2,19,20,21,23). The number of halogens is 1. The molecule has 8 nitrogen and oxygen atoms in total. The molecular formula is C17H23BrN2O6. The van der Waals surface area contributed by atoms with Crippen LogP contribution in [-0.4, -0.2) is 44.3 Å². The van der Waals surface area contributed by atoms with Crippen LogP contribution in [0, 0.1) is 0 Å². The molecule has 0 saturated heterocycles. The minimum absolute atomic E-state index is 0.176. The van der Waals surface area contributed by atoms with E-state index in [-0.39, 0.29) is 5.56 Å². The van der Waals surface area contributed by atoms with Gasteiger partial charge >= 0.3 is 12.0 Å². The third kappa shape index (κ3) is 6.21. The third-order valence-electron chi connectivity index (χ3n) is 3.14. The van der Waals surface area contributed by atoms with Crippen molar-refractivity contribution in [3.8, 4) is 11.5 Å². The van der Waals surface area contributed by atoms with Gasteiger partial charge in [0.05, 0.1) is 23.8 Å². The van der Waals surface area contributed by atoms with Crippen LogP contribution in [0.4, 0.5) is 4.79 Å². The summed E-state index contributed by atoms with van der Waals surface area (Å²) in [5.74, 6) is -0.616. The highest BCUT2D eigenvalue weighted by molar-refractivity contribution is 9.10. The van der Waals surface area contributed by atoms with Crippen molar-refractivity contribution in [2.75, 3.05) is 20.3 Å². The summed E-state index contributed by atoms with van der Waals surface area (Å²) in [6.07, 6.45) is -0.330. The Labute approximate surface area is 160 Å². The van der Waals surface area contributed by atoms with Crippen molar-refractivity contribution >= 4 is 33.8 Å². The summed E-state index contributed by atoms with van der Waals surface area (Å²) in [5, 5.41) is 4.50. The van der Waals surface area contributed by atoms with Crippen LogP contribution in [-0.2, 0) is 9.53 Å². The average Bonchev–Trinajstić information content (AvgIpc) is 2.59. The van der Waals surface area contributed by atoms with Crippen LogP contribution in [0.1, 0.15) is 37.6 Å². The van der Waals surface area contributed by atoms with Crippen molar-refractivity contribution in [3.63, 3.8) is 0 Å². The number of nitrogens with one attached hydrogen (secondary N) is 2. The summed E-state index contributed by atoms with van der Waals surface area (Å²) in [6, 6.07) is 2.33. The minimum atomic E-state index is -1.15. The van der Waals surface area contributed by atoms with E-state index in [2.05, 4.69) is 26.6 Å². The van der Waals surface area contributed by atoms with Crippen LogP contribution < -0.4 is 20.1 Å². The number of hydrogen-bond donors (Lipinski definition) is 2. The molecule has 1 aromatic carbocycles. The van der Waals surface area contributed by atoms with Gasteiger partial charge in [-0.1, -0.05) is 6.92 Å². The zero-order valence-corrected chi connectivity index (χ0v) is 16.8. The average molecular weight is 431 g/mol. The summed E-state index contributed by atoms with van der Waals surface area (Å²) in [5.41, 5.74) is 0.176. The molecule has 1 unspecified atom stereocenters. The van der Waals surface area contributed by atoms with Crippen LogP contribution in [0.3, 0.4) is 0 Å². The number of ether oxygens (including phenoxy) is 3. The molecule has 0 heterocycles. The van der Waals surface area contributed by atoms with Gasteiger partial charge in [-0.05, 0) is 48.3 Å². The number of esters is 1. The maximum atomic E-state index is 12.3. The second-order valence-corrected chi connectivity index (χ2v) is 6.09. The van der Waals surface area contributed by atoms with E-state index in [0.29, 0.717) is 29.1 Å². The number of hydrogen-bond acceptors (Lipinski definition) is 6. The Kier molecular flexibility index (Phi) is 8.91. The first-order chi connectivity index (χ1) is 12.3. The number of amides is 3. The predicted molar refractivity (Wildman–Crippen MR) is 98.6 cm³/mol. The largest absolute Gasteiger partial charge is 0.493 e. The van der Waals surface area contributed by atoms with Gasteiger partial charge in [0.2, 0.25) is 0 Å². The normalized spacial score (nSPS) is 11.3. The van der Waals surface area contributed by atoms with E-state index in [1.807, 2.05) is 6.92 Å². The number of methoxy groups -OCH3 is 1. The quantitative estimate of drug-likeness (QED) is 0.614. The molecule has 0 radical (unpaired) electrons. The number of imide groups is 1. The highest BCUT2D eigenvalue weighted by Gasteiger charge is 2.22. The summed E-state index contributed by atoms with van der Waals surface area (Å²) < 4.78 is 16.5. The molecule has 0 saturated carbocycles. The Morgan fingerprint density at radius 3 is 2.50 bits per heavy atom. The van der Waals surface area contributed by atoms with Gasteiger partial charge in [0.1, 0.15) is 0 Å². The van der Waals surface area contributed by atoms with Gasteiger partial charge < -0.3 is 19.5 Å². The summed E-state index contributed by atoms with van der Waals surface area (Å²) >= 11 is 3.34. The van der Waals surface area contributed by atoms with Gasteiger partial charge in [-0.15, -0.1) is 0 Å². The molecule has 1 rings (SSSR count). The van der Waals surface area contributed by atoms with Gasteiger partial charge in [0.15, 0.2) is 17.6 Å². The van der Waals surface area contributed by atoms with Gasteiger partial charge in [-0.2, -0.15) is 0 Å². The molecule has 0 aliphatic carbocycles. The predicted octanol–water partition coefficient (Wildman–Crippen LogP) is 2.64. The maximum Gasteiger partial charge on any atom is 0.339 e. The monoisotopic (exact) mass is 430 g/mol. The summed E-state index contributed by atoms with van der Waals surface area (Å²) in [4.78, 5) is 35.5. The van der Waals surface area contributed by atoms with Crippen molar-refractivity contribution in [1.82, 2.24) is 10.6 Å². The first-order valence-corrected chi connectivity index (χ1v) is 8.93. The second-order valence-electron chi connectivity index (χ2n) is 5.23. The number of benzene rings is 1. The Balaban J connectivity index is 2.85. The van der Waals surface area contributed by atoms with Gasteiger partial charge in [0.25, 0.3) is 5.91 Å². The fourth-order valence-corrected chi connectivity index (χ4v) is 2.44. The molecule has 1 atom stereocenters. The van der Waals surface area contributed by atoms with E-state index in [1.165, 1.54) is 26.2 Å². The second kappa shape index (κ2) is 10.6. The topological polar surface area (TPSA) is 103 Å². The molecule has 144 valence electrons. The fourth-order valence-electron chi connectivity index (χ4n) is 1.88. The van der Waals surface area contributed by atoms with Gasteiger partial charge in [-0.25, -0.2) is 9.59 Å². The third-order valence-corrected chi connectivity index (χ3v) is 3.73. The molecule has 9 heteroatoms. The van der Waals surface area contributed by atoms with E-state index in [4.69, 9.17) is 14.2 Å². The molecule has 0 fully saturated rings. The van der Waals surface area contributed by atoms with Crippen LogP contribution in [0.2, 0.25) is 0 Å². The molecular weight excluding hydrogens is 408 g/mol. The van der Waals surface area contributed by atoms with Crippen molar-refractivity contribution in [2.24, 2.45) is 0 Å². The van der Waals surface area contributed by atoms with E-state index in [9.17, 15) is 14.4 Å². The van der Waals surface area contributed by atoms with E-state index < -0.39 is 24.0 Å². The first kappa shape index (κ1) is 21.8. The molecule has 0 bridgehead atoms. The zero-order valence-electron chi connectivity index (χ0n) is 15.2. The molecule has 0 spiro atoms. The van der Waals surface area contributed by atoms with Crippen molar-refractivity contribution in [1.29, 1.82) is 0 Å². The van der Waals surface area contributed by atoms with Crippen LogP contribution in [0.25, 0.3) is 0 Å². The van der Waals surface area contributed by atoms with Gasteiger partial charge in [0, 0.05) is 6.54 Å². The van der Waals surface area contributed by atoms with Crippen molar-refractivity contribution in [3.05, 3.63) is 22.2 Å². The minimum Gasteiger partial charge on any atom is -0.493 e. The van der Waals surface area contributed by atoms with E-state index in [0.717, 1.165) is 6.42 Å². The Hall–Kier alpha value is -2.29. The summed E-state index contributed by atoms with van der Waals surface area (Å²) in [6.45, 7) is 5.92. The number of carbonyl (C=O) groups is 3. The van der Waals surface area contributed by atoms with Crippen LogP contribution >= 0.6 is 15.9 Å². The Morgan fingerprint density at radius 1 is 1.23 bits per heavy atom. The lowest BCUT2D eigenvalue weighted by molar-refractivity contribution is -0.127. The molecule has 0 aromatic heterocycles. The lowest BCUT2D eigenvalue weighted by Crippen LogP contribution is -2.44. The molecule has 2 N–H and O–H groups in total. The van der Waals surface area contributed by atoms with Crippen molar-refractivity contribution < 1.29 is 28.6 Å². The number of urea groups is 1. The van der Waals surface area contributed by atoms with E-state index >= 15 is 0 Å². The Bertz CT molecular complexity index is 665. The van der Waals surface area contributed by atoms with E-state index in [1.54, 1.807) is 6.92 Å². The molecule has 3 amide bonds. The molecule has 26 heavy (non-hydrogen) atoms. The zero-order chi connectivity index (χ0) is 19.7. The SMILES string of the molecule is CCCOc1c(Br)cc(C(=O)OC(C)C(=O)NC(=O)NCC)cc1OC. The fraction of sp³-hybridized carbons (Fsp3) is 0.471. The number of rotatable bonds is 8. The van der Waals surface area contributed by atoms with Gasteiger partial charge in [-0.3, -0.25) is 10.1 Å². The van der Waals surface area contributed by atoms with Crippen LogP contribution in [0.15, 0.2) is 16.6 Å². The highest BCUT2D eigenvalue weighted by atomic mass is 79.9. The molecule has 1 aromatic rings. The lowest BCUT2D eigenvalue weighted by Gasteiger charge is -2.15. The number of carbonyl (C=O) groups excluding carboxylic acids is 3. The highest BCUT2D eigenvalue weighted by Crippen LogP contribution is 2.37. The first-order valence-electron chi connectivity index (χ1n) is 8.13. The maximum absolute atomic E-state index is 12.3. The molecule has 0 aliphatic rings.